The molecule has 1 aromatic heterocycles. The van der Waals surface area contributed by atoms with Crippen molar-refractivity contribution in [1.82, 2.24) is 36.5 Å². The highest BCUT2D eigenvalue weighted by atomic mass is 32.1. The number of carboxylic acids is 3. The molecule has 0 spiro atoms. The number of carboxylic acid groups (broad SMARTS) is 3. The summed E-state index contributed by atoms with van der Waals surface area (Å²) in [5.41, 5.74) is 5.75. The maximum absolute atomic E-state index is 13.9. The highest BCUT2D eigenvalue weighted by Gasteiger charge is 2.47. The van der Waals surface area contributed by atoms with Crippen LogP contribution in [0.15, 0.2) is 30.5 Å². The number of likely N-dealkylation sites (tertiary alicyclic amines) is 1. The van der Waals surface area contributed by atoms with E-state index in [-0.39, 0.29) is 59.5 Å². The fourth-order valence-electron chi connectivity index (χ4n) is 7.11. The number of hydrogen-bond acceptors (Lipinski definition) is 16. The number of aromatic nitrogens is 1. The minimum Gasteiger partial charge on any atom is -0.481 e. The van der Waals surface area contributed by atoms with E-state index in [9.17, 15) is 82.1 Å². The molecule has 0 bridgehead atoms. The lowest BCUT2D eigenvalue weighted by atomic mass is 9.97. The zero-order chi connectivity index (χ0) is 53.0. The number of para-hydroxylation sites is 1. The van der Waals surface area contributed by atoms with Gasteiger partial charge >= 0.3 is 17.9 Å². The number of ketones is 1. The molecule has 1 aromatic carbocycles. The highest BCUT2D eigenvalue weighted by molar-refractivity contribution is 7.80. The molecule has 71 heavy (non-hydrogen) atoms. The number of alkyl halides is 2. The minimum atomic E-state index is -3.26. The summed E-state index contributed by atoms with van der Waals surface area (Å²) in [4.78, 5) is 145. The molecule has 0 radical (unpaired) electrons. The number of thiol groups is 2. The van der Waals surface area contributed by atoms with Crippen molar-refractivity contribution in [2.45, 2.75) is 100 Å². The van der Waals surface area contributed by atoms with Crippen LogP contribution in [0.2, 0.25) is 0 Å². The lowest BCUT2D eigenvalue weighted by Crippen LogP contribution is -2.56. The second-order valence-electron chi connectivity index (χ2n) is 16.2. The lowest BCUT2D eigenvalue weighted by Gasteiger charge is -2.25. The first-order chi connectivity index (χ1) is 33.5. The number of fused-ring (bicyclic) bond motifs is 1. The van der Waals surface area contributed by atoms with Crippen LogP contribution in [0.3, 0.4) is 0 Å². The fraction of sp³-hybridized carbons (Fsp3) is 0.512. The van der Waals surface area contributed by atoms with Crippen LogP contribution in [0, 0.1) is 17.2 Å². The molecule has 0 unspecified atom stereocenters. The van der Waals surface area contributed by atoms with E-state index in [4.69, 9.17) is 5.73 Å². The van der Waals surface area contributed by atoms with Gasteiger partial charge in [-0.15, -0.1) is 0 Å². The number of aliphatic carboxylic acids is 3. The Morgan fingerprint density at radius 2 is 1.44 bits per heavy atom. The molecule has 1 aliphatic rings. The first kappa shape index (κ1) is 58.3. The molecule has 0 saturated carbocycles. The summed E-state index contributed by atoms with van der Waals surface area (Å²) < 4.78 is 27.7. The summed E-state index contributed by atoms with van der Waals surface area (Å²) in [6.45, 7) is -1.52. The van der Waals surface area contributed by atoms with E-state index in [1.807, 2.05) is 0 Å². The number of nitrogens with zero attached hydrogens (tertiary/aromatic N) is 3. The second kappa shape index (κ2) is 28.0. The van der Waals surface area contributed by atoms with Gasteiger partial charge in [0.1, 0.15) is 24.2 Å². The number of Topliss-reactive ketones (excluding diaryl/α,β-unsaturated/α-hetero) is 1. The largest absolute Gasteiger partial charge is 0.481 e. The number of nitrogens with one attached hydrogen (secondary N) is 6. The fourth-order valence-corrected chi connectivity index (χ4v) is 7.71. The SMILES string of the molecule is N#C[C@@H]1CC(F)(F)CN1C(=O)CNC(=O)c1ccnc2c(NC(=O)CCC(=O)N[C@@H](CC(=O)O)C(=O)N[C@@H](CCCCN)C(=O)N[C@@H](CC(=O)O)C(=O)CC[C@@H](CS)C(=O)N[C@@H](CS)C(=O)O)cccc12. The van der Waals surface area contributed by atoms with Crippen LogP contribution in [-0.4, -0.2) is 158 Å². The number of amides is 7. The van der Waals surface area contributed by atoms with Crippen molar-refractivity contribution in [2.75, 3.05) is 36.5 Å². The molecule has 0 aliphatic carbocycles. The summed E-state index contributed by atoms with van der Waals surface area (Å²) in [5, 5.41) is 51.7. The van der Waals surface area contributed by atoms with Gasteiger partial charge in [-0.1, -0.05) is 12.1 Å². The number of rotatable bonds is 29. The zero-order valence-electron chi connectivity index (χ0n) is 37.9. The standard InChI is InChI=1S/C43H54F2N10O14S2/c44-43(45)16-23(17-47)55(21-43)34(59)18-49-39(65)25-11-13-48-37-24(25)4-3-6-26(37)50-32(57)9-10-33(58)51-29(15-36(62)63)41(67)52-27(5-1-2-12-46)40(66)53-28(14-35(60)61)31(56)8-7-22(19-70)38(64)54-30(20-71)42(68)69/h3-4,6,11,13,22-23,27-30,70-71H,1-2,5,7-10,12,14-16,18-21,46H2,(H,49,65)(H,50,57)(H,51,58)(H,52,67)(H,53,66)(H,54,64)(H,60,61)(H,62,63)(H,68,69)/t22-,23-,27-,28-,29-,30-/m0/s1. The Morgan fingerprint density at radius 1 is 0.803 bits per heavy atom. The van der Waals surface area contributed by atoms with Crippen LogP contribution in [0.25, 0.3) is 10.9 Å². The van der Waals surface area contributed by atoms with Crippen molar-refractivity contribution in [1.29, 1.82) is 5.26 Å². The van der Waals surface area contributed by atoms with Gasteiger partial charge in [-0.05, 0) is 44.4 Å². The number of benzene rings is 1. The average molecular weight is 1040 g/mol. The van der Waals surface area contributed by atoms with E-state index < -0.39 is 159 Å². The van der Waals surface area contributed by atoms with Crippen molar-refractivity contribution in [2.24, 2.45) is 11.7 Å². The molecular weight excluding hydrogens is 983 g/mol. The normalized spacial score (nSPS) is 15.9. The minimum absolute atomic E-state index is 0.0157. The number of nitrogens with two attached hydrogens (primary N) is 1. The topological polar surface area (TPSA) is 387 Å². The Kier molecular flexibility index (Phi) is 23.0. The quantitative estimate of drug-likeness (QED) is 0.0356. The van der Waals surface area contributed by atoms with Crippen LogP contribution in [0.5, 0.6) is 0 Å². The van der Waals surface area contributed by atoms with E-state index in [2.05, 4.69) is 62.1 Å². The third-order valence-electron chi connectivity index (χ3n) is 10.8. The summed E-state index contributed by atoms with van der Waals surface area (Å²) in [6, 6.07) is -0.428. The molecule has 7 amide bonds. The average Bonchev–Trinajstić information content (AvgIpc) is 3.64. The first-order valence-corrected chi connectivity index (χ1v) is 23.1. The lowest BCUT2D eigenvalue weighted by molar-refractivity contribution is -0.141. The number of hydrogen-bond donors (Lipinski definition) is 12. The summed E-state index contributed by atoms with van der Waals surface area (Å²) >= 11 is 7.98. The number of unbranched alkanes of at least 4 members (excludes halogenated alkanes) is 1. The predicted octanol–water partition coefficient (Wildman–Crippen LogP) is -0.630. The molecule has 1 saturated heterocycles. The Morgan fingerprint density at radius 3 is 2.06 bits per heavy atom. The van der Waals surface area contributed by atoms with Gasteiger partial charge < -0.3 is 57.9 Å². The van der Waals surface area contributed by atoms with Crippen LogP contribution >= 0.6 is 25.3 Å². The Bertz CT molecular complexity index is 2390. The van der Waals surface area contributed by atoms with E-state index >= 15 is 0 Å². The number of pyridine rings is 1. The number of nitriles is 1. The Hall–Kier alpha value is -6.99. The van der Waals surface area contributed by atoms with Gasteiger partial charge in [-0.3, -0.25) is 52.9 Å². The van der Waals surface area contributed by atoms with Crippen molar-refractivity contribution in [3.05, 3.63) is 36.0 Å². The van der Waals surface area contributed by atoms with E-state index in [0.29, 0.717) is 11.3 Å². The van der Waals surface area contributed by atoms with Gasteiger partial charge in [0.15, 0.2) is 5.78 Å². The summed E-state index contributed by atoms with van der Waals surface area (Å²) in [6.07, 6.45) is -2.95. The van der Waals surface area contributed by atoms with Crippen LogP contribution in [0.4, 0.5) is 14.5 Å². The number of carbonyl (C=O) groups is 11. The molecular formula is C43H54F2N10O14S2. The Labute approximate surface area is 414 Å². The maximum atomic E-state index is 13.9. The van der Waals surface area contributed by atoms with E-state index in [0.717, 1.165) is 0 Å². The smallest absolute Gasteiger partial charge is 0.327 e. The van der Waals surface area contributed by atoms with Crippen LogP contribution in [-0.2, 0) is 47.9 Å². The number of halogens is 2. The van der Waals surface area contributed by atoms with Crippen molar-refractivity contribution < 1.29 is 76.8 Å². The van der Waals surface area contributed by atoms with Gasteiger partial charge in [0.05, 0.1) is 54.8 Å². The Balaban J connectivity index is 1.67. The van der Waals surface area contributed by atoms with E-state index in [1.54, 1.807) is 6.07 Å². The van der Waals surface area contributed by atoms with Crippen molar-refractivity contribution in [3.8, 4) is 6.07 Å². The molecule has 386 valence electrons. The van der Waals surface area contributed by atoms with Crippen LogP contribution in [0.1, 0.15) is 74.6 Å². The maximum Gasteiger partial charge on any atom is 0.327 e. The number of carbonyl (C=O) groups excluding carboxylic acids is 8. The van der Waals surface area contributed by atoms with Gasteiger partial charge in [0.2, 0.25) is 35.4 Å². The molecule has 6 atom stereocenters. The molecule has 1 aliphatic heterocycles. The summed E-state index contributed by atoms with van der Waals surface area (Å²) in [7, 11) is 0. The van der Waals surface area contributed by atoms with Gasteiger partial charge in [-0.2, -0.15) is 30.5 Å². The van der Waals surface area contributed by atoms with Gasteiger partial charge in [0, 0.05) is 54.7 Å². The van der Waals surface area contributed by atoms with Crippen LogP contribution < -0.4 is 37.6 Å². The molecule has 11 N–H and O–H groups in total. The van der Waals surface area contributed by atoms with Crippen molar-refractivity contribution >= 4 is 107 Å². The molecule has 1 fully saturated rings. The first-order valence-electron chi connectivity index (χ1n) is 21.9. The predicted molar refractivity (Wildman–Crippen MR) is 251 cm³/mol. The molecule has 2 heterocycles. The van der Waals surface area contributed by atoms with Crippen molar-refractivity contribution in [3.63, 3.8) is 0 Å². The molecule has 24 nitrogen and oxygen atoms in total. The molecule has 2 aromatic rings. The second-order valence-corrected chi connectivity index (χ2v) is 16.9. The third kappa shape index (κ3) is 18.4. The molecule has 3 rings (SSSR count). The van der Waals surface area contributed by atoms with E-state index in [1.165, 1.54) is 30.5 Å². The van der Waals surface area contributed by atoms with Gasteiger partial charge in [0.25, 0.3) is 11.8 Å². The third-order valence-corrected chi connectivity index (χ3v) is 11.6. The zero-order valence-corrected chi connectivity index (χ0v) is 39.6. The molecule has 28 heteroatoms. The van der Waals surface area contributed by atoms with Gasteiger partial charge in [-0.25, -0.2) is 13.6 Å². The summed E-state index contributed by atoms with van der Waals surface area (Å²) in [5.74, 6) is -16.3. The number of anilines is 1. The monoisotopic (exact) mass is 1040 g/mol. The highest BCUT2D eigenvalue weighted by Crippen LogP contribution is 2.32.